The van der Waals surface area contributed by atoms with Gasteiger partial charge in [0.2, 0.25) is 5.91 Å². The number of hydrogen-bond acceptors (Lipinski definition) is 4. The lowest BCUT2D eigenvalue weighted by Gasteiger charge is -2.35. The molecule has 2 amide bonds. The van der Waals surface area contributed by atoms with Crippen LogP contribution in [0.4, 0.5) is 4.79 Å². The van der Waals surface area contributed by atoms with Gasteiger partial charge in [-0.3, -0.25) is 4.79 Å². The topological polar surface area (TPSA) is 71.8 Å². The Hall–Kier alpha value is -1.98. The van der Waals surface area contributed by atoms with Gasteiger partial charge in [-0.2, -0.15) is 0 Å². The van der Waals surface area contributed by atoms with Crippen LogP contribution in [0.15, 0.2) is 22.8 Å². The van der Waals surface area contributed by atoms with Gasteiger partial charge in [0.15, 0.2) is 0 Å². The van der Waals surface area contributed by atoms with Gasteiger partial charge in [-0.25, -0.2) is 4.79 Å². The Morgan fingerprint density at radius 2 is 2.24 bits per heavy atom. The lowest BCUT2D eigenvalue weighted by Crippen LogP contribution is -2.45. The summed E-state index contributed by atoms with van der Waals surface area (Å²) in [6, 6.07) is 3.75. The van der Waals surface area contributed by atoms with Gasteiger partial charge < -0.3 is 19.4 Å². The molecule has 2 atom stereocenters. The number of nitrogens with zero attached hydrogens (tertiary/aromatic N) is 1. The van der Waals surface area contributed by atoms with Crippen molar-refractivity contribution in [2.24, 2.45) is 11.3 Å². The Kier molecular flexibility index (Phi) is 4.80. The Labute approximate surface area is 148 Å². The van der Waals surface area contributed by atoms with E-state index < -0.39 is 5.60 Å². The zero-order valence-corrected chi connectivity index (χ0v) is 15.3. The summed E-state index contributed by atoms with van der Waals surface area (Å²) in [5.41, 5.74) is -0.544. The second-order valence-electron chi connectivity index (χ2n) is 8.24. The molecule has 3 rings (SSSR count). The molecule has 1 N–H and O–H groups in total. The third-order valence-electron chi connectivity index (χ3n) is 5.02. The zero-order valence-electron chi connectivity index (χ0n) is 15.3. The molecule has 0 aromatic carbocycles. The van der Waals surface area contributed by atoms with E-state index in [0.29, 0.717) is 26.1 Å². The van der Waals surface area contributed by atoms with Crippen molar-refractivity contribution in [1.29, 1.82) is 0 Å². The number of carbonyl (C=O) groups is 2. The zero-order chi connectivity index (χ0) is 18.1. The molecule has 138 valence electrons. The van der Waals surface area contributed by atoms with Crippen molar-refractivity contribution in [3.63, 3.8) is 0 Å². The minimum absolute atomic E-state index is 0.00865. The third kappa shape index (κ3) is 4.35. The van der Waals surface area contributed by atoms with Crippen LogP contribution in [0.3, 0.4) is 0 Å². The molecule has 0 radical (unpaired) electrons. The Morgan fingerprint density at radius 3 is 2.92 bits per heavy atom. The first-order valence-corrected chi connectivity index (χ1v) is 9.07. The minimum Gasteiger partial charge on any atom is -0.469 e. The molecule has 1 spiro atoms. The maximum absolute atomic E-state index is 12.4. The normalized spacial score (nSPS) is 25.7. The average molecular weight is 348 g/mol. The molecular formula is C19H28N2O4. The molecule has 6 nitrogen and oxygen atoms in total. The number of ether oxygens (including phenoxy) is 1. The highest BCUT2D eigenvalue weighted by Gasteiger charge is 2.59. The molecule has 1 aliphatic heterocycles. The first-order valence-electron chi connectivity index (χ1n) is 9.07. The van der Waals surface area contributed by atoms with Crippen molar-refractivity contribution in [3.8, 4) is 0 Å². The van der Waals surface area contributed by atoms with Gasteiger partial charge in [-0.15, -0.1) is 0 Å². The van der Waals surface area contributed by atoms with Crippen molar-refractivity contribution in [2.45, 2.75) is 52.1 Å². The van der Waals surface area contributed by atoms with Crippen LogP contribution in [-0.4, -0.2) is 42.1 Å². The molecule has 1 aromatic heterocycles. The maximum Gasteiger partial charge on any atom is 0.410 e. The van der Waals surface area contributed by atoms with Gasteiger partial charge in [0, 0.05) is 37.4 Å². The maximum atomic E-state index is 12.4. The van der Waals surface area contributed by atoms with Gasteiger partial charge in [0.05, 0.1) is 6.26 Å². The summed E-state index contributed by atoms with van der Waals surface area (Å²) in [6.45, 7) is 7.53. The first-order chi connectivity index (χ1) is 11.8. The monoisotopic (exact) mass is 348 g/mol. The van der Waals surface area contributed by atoms with Crippen molar-refractivity contribution < 1.29 is 18.7 Å². The minimum atomic E-state index is -0.492. The van der Waals surface area contributed by atoms with E-state index in [4.69, 9.17) is 9.15 Å². The molecule has 2 aliphatic rings. The van der Waals surface area contributed by atoms with E-state index in [1.54, 1.807) is 11.2 Å². The molecule has 1 aliphatic carbocycles. The van der Waals surface area contributed by atoms with Gasteiger partial charge in [0.1, 0.15) is 11.4 Å². The molecule has 6 heteroatoms. The van der Waals surface area contributed by atoms with E-state index in [0.717, 1.165) is 25.0 Å². The number of amides is 2. The number of likely N-dealkylation sites (tertiary alicyclic amines) is 1. The Morgan fingerprint density at radius 1 is 1.44 bits per heavy atom. The fourth-order valence-electron chi connectivity index (χ4n) is 3.70. The highest BCUT2D eigenvalue weighted by Crippen LogP contribution is 2.58. The number of piperidine rings is 1. The van der Waals surface area contributed by atoms with E-state index in [1.807, 2.05) is 32.9 Å². The van der Waals surface area contributed by atoms with Crippen molar-refractivity contribution in [1.82, 2.24) is 10.2 Å². The molecule has 25 heavy (non-hydrogen) atoms. The molecule has 2 fully saturated rings. The third-order valence-corrected chi connectivity index (χ3v) is 5.02. The van der Waals surface area contributed by atoms with E-state index >= 15 is 0 Å². The van der Waals surface area contributed by atoms with E-state index in [2.05, 4.69) is 5.32 Å². The highest BCUT2D eigenvalue weighted by molar-refractivity contribution is 5.83. The number of furan rings is 1. The van der Waals surface area contributed by atoms with Gasteiger partial charge in [-0.1, -0.05) is 0 Å². The highest BCUT2D eigenvalue weighted by atomic mass is 16.6. The quantitative estimate of drug-likeness (QED) is 0.908. The number of carbonyl (C=O) groups excluding carboxylic acids is 2. The summed E-state index contributed by atoms with van der Waals surface area (Å²) in [6.07, 6.45) is 4.86. The summed E-state index contributed by atoms with van der Waals surface area (Å²) in [5.74, 6) is 0.978. The van der Waals surface area contributed by atoms with Crippen LogP contribution in [0.5, 0.6) is 0 Å². The standard InChI is InChI=1S/C19H28N2O4/c1-18(2,3)25-17(23)21-10-5-8-19(13-21)12-15(19)16(22)20-9-7-14-6-4-11-24-14/h4,6,11,15H,5,7-10,12-13H2,1-3H3,(H,20,22). The van der Waals surface area contributed by atoms with Crippen LogP contribution in [0.25, 0.3) is 0 Å². The predicted octanol–water partition coefficient (Wildman–Crippen LogP) is 2.98. The van der Waals surface area contributed by atoms with Crippen molar-refractivity contribution >= 4 is 12.0 Å². The second kappa shape index (κ2) is 6.73. The molecule has 1 aromatic rings. The average Bonchev–Trinajstić information content (AvgIpc) is 2.97. The molecule has 0 bridgehead atoms. The molecule has 1 saturated heterocycles. The molecule has 2 heterocycles. The van der Waals surface area contributed by atoms with Crippen LogP contribution in [-0.2, 0) is 16.0 Å². The second-order valence-corrected chi connectivity index (χ2v) is 8.24. The summed E-state index contributed by atoms with van der Waals surface area (Å²) < 4.78 is 10.7. The number of hydrogen-bond donors (Lipinski definition) is 1. The van der Waals surface area contributed by atoms with Crippen molar-refractivity contribution in [3.05, 3.63) is 24.2 Å². The fourth-order valence-corrected chi connectivity index (χ4v) is 3.70. The smallest absolute Gasteiger partial charge is 0.410 e. The van der Waals surface area contributed by atoms with Crippen LogP contribution in [0.1, 0.15) is 45.8 Å². The van der Waals surface area contributed by atoms with Crippen LogP contribution in [0.2, 0.25) is 0 Å². The molecule has 2 unspecified atom stereocenters. The SMILES string of the molecule is CC(C)(C)OC(=O)N1CCCC2(CC2C(=O)NCCc2ccco2)C1. The largest absolute Gasteiger partial charge is 0.469 e. The lowest BCUT2D eigenvalue weighted by molar-refractivity contribution is -0.123. The fraction of sp³-hybridized carbons (Fsp3) is 0.684. The summed E-state index contributed by atoms with van der Waals surface area (Å²) >= 11 is 0. The Bertz CT molecular complexity index is 620. The number of rotatable bonds is 4. The predicted molar refractivity (Wildman–Crippen MR) is 93.0 cm³/mol. The molecule has 1 saturated carbocycles. The van der Waals surface area contributed by atoms with Crippen LogP contribution < -0.4 is 5.32 Å². The Balaban J connectivity index is 1.48. The van der Waals surface area contributed by atoms with Crippen molar-refractivity contribution in [2.75, 3.05) is 19.6 Å². The molecular weight excluding hydrogens is 320 g/mol. The van der Waals surface area contributed by atoms with Gasteiger partial charge in [0.25, 0.3) is 0 Å². The van der Waals surface area contributed by atoms with Gasteiger partial charge >= 0.3 is 6.09 Å². The van der Waals surface area contributed by atoms with Gasteiger partial charge in [-0.05, 0) is 52.2 Å². The van der Waals surface area contributed by atoms with Crippen LogP contribution in [0, 0.1) is 11.3 Å². The van der Waals surface area contributed by atoms with Crippen LogP contribution >= 0.6 is 0 Å². The summed E-state index contributed by atoms with van der Waals surface area (Å²) in [7, 11) is 0. The van der Waals surface area contributed by atoms with E-state index in [1.165, 1.54) is 0 Å². The summed E-state index contributed by atoms with van der Waals surface area (Å²) in [4.78, 5) is 26.5. The van der Waals surface area contributed by atoms with E-state index in [9.17, 15) is 9.59 Å². The summed E-state index contributed by atoms with van der Waals surface area (Å²) in [5, 5.41) is 3.00. The first kappa shape index (κ1) is 17.8. The number of nitrogens with one attached hydrogen (secondary N) is 1. The lowest BCUT2D eigenvalue weighted by atomic mass is 9.92. The van der Waals surface area contributed by atoms with E-state index in [-0.39, 0.29) is 23.3 Å².